The van der Waals surface area contributed by atoms with Crippen LogP contribution in [0.15, 0.2) is 24.4 Å². The van der Waals surface area contributed by atoms with Gasteiger partial charge < -0.3 is 9.67 Å². The number of aliphatic hydroxyl groups excluding tert-OH is 1. The molecule has 0 aliphatic rings. The summed E-state index contributed by atoms with van der Waals surface area (Å²) in [4.78, 5) is 0. The van der Waals surface area contributed by atoms with E-state index in [1.54, 1.807) is 19.1 Å². The number of rotatable bonds is 3. The van der Waals surface area contributed by atoms with Crippen LogP contribution >= 0.6 is 0 Å². The van der Waals surface area contributed by atoms with Gasteiger partial charge in [0.25, 0.3) is 0 Å². The Morgan fingerprint density at radius 3 is 2.59 bits per heavy atom. The van der Waals surface area contributed by atoms with Crippen molar-refractivity contribution < 1.29 is 9.50 Å². The highest BCUT2D eigenvalue weighted by Crippen LogP contribution is 2.26. The van der Waals surface area contributed by atoms with Crippen LogP contribution < -0.4 is 0 Å². The summed E-state index contributed by atoms with van der Waals surface area (Å²) in [5, 5.41) is 10.4. The van der Waals surface area contributed by atoms with Gasteiger partial charge in [0.05, 0.1) is 6.10 Å². The van der Waals surface area contributed by atoms with Crippen LogP contribution in [0.1, 0.15) is 32.4 Å². The van der Waals surface area contributed by atoms with E-state index in [-0.39, 0.29) is 5.82 Å². The number of hydrogen-bond acceptors (Lipinski definition) is 1. The van der Waals surface area contributed by atoms with Gasteiger partial charge in [0.15, 0.2) is 0 Å². The van der Waals surface area contributed by atoms with E-state index in [0.29, 0.717) is 12.5 Å². The number of aromatic nitrogens is 1. The van der Waals surface area contributed by atoms with Gasteiger partial charge in [0.2, 0.25) is 0 Å². The maximum atomic E-state index is 13.3. The molecule has 92 valence electrons. The van der Waals surface area contributed by atoms with E-state index in [1.165, 1.54) is 6.07 Å². The summed E-state index contributed by atoms with van der Waals surface area (Å²) in [5.41, 5.74) is 2.03. The van der Waals surface area contributed by atoms with E-state index >= 15 is 0 Å². The summed E-state index contributed by atoms with van der Waals surface area (Å²) in [7, 11) is 0. The smallest absolute Gasteiger partial charge is 0.123 e. The van der Waals surface area contributed by atoms with Crippen LogP contribution in [0, 0.1) is 5.82 Å². The highest BCUT2D eigenvalue weighted by Gasteiger charge is 2.12. The molecular weight excluding hydrogens is 217 g/mol. The summed E-state index contributed by atoms with van der Waals surface area (Å²) < 4.78 is 15.4. The maximum absolute atomic E-state index is 13.3. The summed E-state index contributed by atoms with van der Waals surface area (Å²) >= 11 is 0. The van der Waals surface area contributed by atoms with Crippen LogP contribution in [-0.4, -0.2) is 15.8 Å². The van der Waals surface area contributed by atoms with E-state index in [2.05, 4.69) is 18.4 Å². The van der Waals surface area contributed by atoms with Gasteiger partial charge >= 0.3 is 0 Å². The third-order valence-corrected chi connectivity index (χ3v) is 2.95. The fraction of sp³-hybridized carbons (Fsp3) is 0.429. The SMILES string of the molecule is CC(O)Cc1cn(C(C)C)c2ccc(F)cc12. The molecule has 0 aliphatic carbocycles. The van der Waals surface area contributed by atoms with E-state index in [0.717, 1.165) is 16.5 Å². The Hall–Kier alpha value is -1.35. The predicted octanol–water partition coefficient (Wildman–Crippen LogP) is 3.28. The molecule has 0 fully saturated rings. The maximum Gasteiger partial charge on any atom is 0.123 e. The molecule has 1 unspecified atom stereocenters. The molecule has 1 heterocycles. The molecule has 0 radical (unpaired) electrons. The number of benzene rings is 1. The van der Waals surface area contributed by atoms with Gasteiger partial charge in [-0.1, -0.05) is 0 Å². The molecule has 17 heavy (non-hydrogen) atoms. The molecule has 0 saturated carbocycles. The molecule has 2 aromatic rings. The Bertz CT molecular complexity index is 528. The van der Waals surface area contributed by atoms with Crippen molar-refractivity contribution in [1.29, 1.82) is 0 Å². The average Bonchev–Trinajstić information content (AvgIpc) is 2.56. The second-order valence-corrected chi connectivity index (χ2v) is 4.87. The summed E-state index contributed by atoms with van der Waals surface area (Å²) in [5.74, 6) is -0.231. The Morgan fingerprint density at radius 2 is 2.00 bits per heavy atom. The minimum Gasteiger partial charge on any atom is -0.393 e. The average molecular weight is 235 g/mol. The van der Waals surface area contributed by atoms with E-state index in [4.69, 9.17) is 0 Å². The van der Waals surface area contributed by atoms with Crippen LogP contribution in [0.5, 0.6) is 0 Å². The molecule has 0 saturated heterocycles. The van der Waals surface area contributed by atoms with Crippen LogP contribution in [0.4, 0.5) is 4.39 Å². The first-order valence-corrected chi connectivity index (χ1v) is 5.96. The Kier molecular flexibility index (Phi) is 3.20. The molecule has 0 aliphatic heterocycles. The topological polar surface area (TPSA) is 25.2 Å². The highest BCUT2D eigenvalue weighted by atomic mass is 19.1. The molecular formula is C14H18FNO. The van der Waals surface area contributed by atoms with Crippen molar-refractivity contribution in [2.45, 2.75) is 39.3 Å². The van der Waals surface area contributed by atoms with Crippen LogP contribution in [0.3, 0.4) is 0 Å². The third-order valence-electron chi connectivity index (χ3n) is 2.95. The van der Waals surface area contributed by atoms with Gasteiger partial charge in [0.1, 0.15) is 5.82 Å². The van der Waals surface area contributed by atoms with Crippen LogP contribution in [0.25, 0.3) is 10.9 Å². The Balaban J connectivity index is 2.62. The summed E-state index contributed by atoms with van der Waals surface area (Å²) in [6, 6.07) is 5.15. The number of halogens is 1. The Morgan fingerprint density at radius 1 is 1.29 bits per heavy atom. The van der Waals surface area contributed by atoms with Gasteiger partial charge in [0, 0.05) is 29.6 Å². The van der Waals surface area contributed by atoms with Gasteiger partial charge in [-0.05, 0) is 44.5 Å². The standard InChI is InChI=1S/C14H18FNO/c1-9(2)16-8-11(6-10(3)17)13-7-12(15)4-5-14(13)16/h4-5,7-10,17H,6H2,1-3H3. The van der Waals surface area contributed by atoms with Crippen molar-refractivity contribution in [1.82, 2.24) is 4.57 Å². The van der Waals surface area contributed by atoms with Crippen molar-refractivity contribution in [2.24, 2.45) is 0 Å². The lowest BCUT2D eigenvalue weighted by Crippen LogP contribution is -2.03. The van der Waals surface area contributed by atoms with Crippen LogP contribution in [0.2, 0.25) is 0 Å². The molecule has 1 aromatic carbocycles. The van der Waals surface area contributed by atoms with Crippen molar-refractivity contribution in [3.63, 3.8) is 0 Å². The highest BCUT2D eigenvalue weighted by molar-refractivity contribution is 5.84. The first kappa shape index (κ1) is 12.1. The molecule has 2 rings (SSSR count). The molecule has 3 heteroatoms. The number of fused-ring (bicyclic) bond motifs is 1. The third kappa shape index (κ3) is 2.34. The van der Waals surface area contributed by atoms with Gasteiger partial charge in [-0.25, -0.2) is 4.39 Å². The predicted molar refractivity (Wildman–Crippen MR) is 67.7 cm³/mol. The lowest BCUT2D eigenvalue weighted by atomic mass is 10.1. The van der Waals surface area contributed by atoms with Gasteiger partial charge in [-0.3, -0.25) is 0 Å². The molecule has 0 amide bonds. The van der Waals surface area contributed by atoms with E-state index in [1.807, 2.05) is 6.20 Å². The first-order chi connectivity index (χ1) is 7.99. The first-order valence-electron chi connectivity index (χ1n) is 5.96. The van der Waals surface area contributed by atoms with Gasteiger partial charge in [-0.2, -0.15) is 0 Å². The summed E-state index contributed by atoms with van der Waals surface area (Å²) in [6.07, 6.45) is 2.16. The molecule has 0 bridgehead atoms. The monoisotopic (exact) mass is 235 g/mol. The normalized spacial score (nSPS) is 13.5. The zero-order valence-corrected chi connectivity index (χ0v) is 10.4. The molecule has 1 N–H and O–H groups in total. The lowest BCUT2D eigenvalue weighted by Gasteiger charge is -2.08. The van der Waals surface area contributed by atoms with Gasteiger partial charge in [-0.15, -0.1) is 0 Å². The fourth-order valence-corrected chi connectivity index (χ4v) is 2.21. The fourth-order valence-electron chi connectivity index (χ4n) is 2.21. The minimum absolute atomic E-state index is 0.231. The molecule has 1 aromatic heterocycles. The second kappa shape index (κ2) is 4.49. The van der Waals surface area contributed by atoms with Crippen LogP contribution in [-0.2, 0) is 6.42 Å². The molecule has 0 spiro atoms. The quantitative estimate of drug-likeness (QED) is 0.867. The second-order valence-electron chi connectivity index (χ2n) is 4.87. The lowest BCUT2D eigenvalue weighted by molar-refractivity contribution is 0.196. The Labute approximate surface area is 101 Å². The number of nitrogens with zero attached hydrogens (tertiary/aromatic N) is 1. The van der Waals surface area contributed by atoms with Crippen molar-refractivity contribution in [3.05, 3.63) is 35.8 Å². The molecule has 1 atom stereocenters. The van der Waals surface area contributed by atoms with Crippen molar-refractivity contribution in [3.8, 4) is 0 Å². The van der Waals surface area contributed by atoms with Crippen molar-refractivity contribution in [2.75, 3.05) is 0 Å². The van der Waals surface area contributed by atoms with E-state index < -0.39 is 6.10 Å². The van der Waals surface area contributed by atoms with E-state index in [9.17, 15) is 9.50 Å². The minimum atomic E-state index is -0.413. The molecule has 2 nitrogen and oxygen atoms in total. The van der Waals surface area contributed by atoms with Crippen molar-refractivity contribution >= 4 is 10.9 Å². The largest absolute Gasteiger partial charge is 0.393 e. The zero-order chi connectivity index (χ0) is 12.6. The summed E-state index contributed by atoms with van der Waals surface area (Å²) in [6.45, 7) is 5.93. The number of hydrogen-bond donors (Lipinski definition) is 1. The number of aliphatic hydroxyl groups is 1. The zero-order valence-electron chi connectivity index (χ0n) is 10.4.